The highest BCUT2D eigenvalue weighted by Gasteiger charge is 2.48. The first-order chi connectivity index (χ1) is 9.93. The molecular weight excluding hydrogens is 254 g/mol. The molecule has 1 nitrogen and oxygen atoms in total. The van der Waals surface area contributed by atoms with Crippen LogP contribution in [-0.2, 0) is 0 Å². The molecule has 0 amide bonds. The fourth-order valence-electron chi connectivity index (χ4n) is 4.94. The van der Waals surface area contributed by atoms with Crippen LogP contribution in [-0.4, -0.2) is 12.6 Å². The van der Waals surface area contributed by atoms with Gasteiger partial charge in [0.25, 0.3) is 0 Å². The molecule has 0 aromatic heterocycles. The molecule has 2 fully saturated rings. The molecule has 0 aromatic rings. The van der Waals surface area contributed by atoms with Gasteiger partial charge in [-0.25, -0.2) is 0 Å². The van der Waals surface area contributed by atoms with Crippen LogP contribution in [0.3, 0.4) is 0 Å². The Morgan fingerprint density at radius 3 is 2.57 bits per heavy atom. The van der Waals surface area contributed by atoms with E-state index in [1.807, 2.05) is 0 Å². The zero-order chi connectivity index (χ0) is 15.5. The fourth-order valence-corrected chi connectivity index (χ4v) is 4.94. The van der Waals surface area contributed by atoms with Crippen LogP contribution in [0.1, 0.15) is 79.1 Å². The Labute approximate surface area is 133 Å². The Kier molecular flexibility index (Phi) is 5.94. The van der Waals surface area contributed by atoms with Gasteiger partial charge in [0.2, 0.25) is 0 Å². The summed E-state index contributed by atoms with van der Waals surface area (Å²) in [4.78, 5) is 0. The molecular formula is C20H37N. The summed E-state index contributed by atoms with van der Waals surface area (Å²) in [6.45, 7) is 14.8. The molecule has 5 atom stereocenters. The summed E-state index contributed by atoms with van der Waals surface area (Å²) in [6, 6.07) is 0.729. The molecule has 1 saturated carbocycles. The lowest BCUT2D eigenvalue weighted by atomic mass is 9.50. The molecule has 1 heteroatoms. The van der Waals surface area contributed by atoms with Crippen molar-refractivity contribution in [3.8, 4) is 0 Å². The van der Waals surface area contributed by atoms with Crippen LogP contribution < -0.4 is 5.32 Å². The molecule has 5 unspecified atom stereocenters. The highest BCUT2D eigenvalue weighted by atomic mass is 14.9. The third-order valence-corrected chi connectivity index (χ3v) is 6.57. The molecule has 1 N–H and O–H groups in total. The van der Waals surface area contributed by atoms with Crippen molar-refractivity contribution in [2.24, 2.45) is 23.2 Å². The van der Waals surface area contributed by atoms with Gasteiger partial charge in [0.05, 0.1) is 0 Å². The minimum atomic E-state index is 0.660. The highest BCUT2D eigenvalue weighted by molar-refractivity contribution is 5.00. The molecule has 2 aliphatic rings. The molecule has 21 heavy (non-hydrogen) atoms. The molecule has 1 saturated heterocycles. The summed E-state index contributed by atoms with van der Waals surface area (Å²) in [5.41, 5.74) is 2.02. The van der Waals surface area contributed by atoms with E-state index in [9.17, 15) is 0 Å². The van der Waals surface area contributed by atoms with Gasteiger partial charge in [0, 0.05) is 6.04 Å². The highest BCUT2D eigenvalue weighted by Crippen LogP contribution is 2.58. The number of hydrogen-bond acceptors (Lipinski definition) is 1. The van der Waals surface area contributed by atoms with E-state index in [0.29, 0.717) is 5.41 Å². The Morgan fingerprint density at radius 2 is 1.95 bits per heavy atom. The number of allylic oxidation sites excluding steroid dienone is 1. The van der Waals surface area contributed by atoms with Crippen molar-refractivity contribution in [2.75, 3.05) is 6.54 Å². The van der Waals surface area contributed by atoms with E-state index in [0.717, 1.165) is 23.8 Å². The topological polar surface area (TPSA) is 12.0 Å². The van der Waals surface area contributed by atoms with E-state index in [1.54, 1.807) is 0 Å². The van der Waals surface area contributed by atoms with Crippen molar-refractivity contribution >= 4 is 0 Å². The summed E-state index contributed by atoms with van der Waals surface area (Å²) in [5.74, 6) is 2.83. The van der Waals surface area contributed by atoms with E-state index in [2.05, 4.69) is 39.6 Å². The van der Waals surface area contributed by atoms with Crippen molar-refractivity contribution in [2.45, 2.75) is 85.1 Å². The molecule has 2 rings (SSSR count). The Hall–Kier alpha value is -0.300. The monoisotopic (exact) mass is 291 g/mol. The third kappa shape index (κ3) is 4.34. The van der Waals surface area contributed by atoms with E-state index in [4.69, 9.17) is 0 Å². The summed E-state index contributed by atoms with van der Waals surface area (Å²) >= 11 is 0. The summed E-state index contributed by atoms with van der Waals surface area (Å²) in [5, 5.41) is 3.66. The predicted molar refractivity (Wildman–Crippen MR) is 93.5 cm³/mol. The number of nitrogens with one attached hydrogen (secondary N) is 1. The normalized spacial score (nSPS) is 40.4. The Balaban J connectivity index is 1.91. The molecule has 122 valence electrons. The number of hydrogen-bond donors (Lipinski definition) is 1. The summed E-state index contributed by atoms with van der Waals surface area (Å²) in [6.07, 6.45) is 11.2. The van der Waals surface area contributed by atoms with E-state index < -0.39 is 0 Å². The minimum Gasteiger partial charge on any atom is -0.314 e. The fraction of sp³-hybridized carbons (Fsp3) is 0.900. The molecule has 1 aliphatic carbocycles. The Morgan fingerprint density at radius 1 is 1.19 bits per heavy atom. The van der Waals surface area contributed by atoms with E-state index in [-0.39, 0.29) is 0 Å². The van der Waals surface area contributed by atoms with Gasteiger partial charge in [-0.05, 0) is 94.9 Å². The number of rotatable bonds is 6. The van der Waals surface area contributed by atoms with Gasteiger partial charge in [0.1, 0.15) is 0 Å². The summed E-state index contributed by atoms with van der Waals surface area (Å²) < 4.78 is 0. The first kappa shape index (κ1) is 17.1. The molecule has 1 aliphatic heterocycles. The first-order valence-corrected chi connectivity index (χ1v) is 9.31. The average molecular weight is 292 g/mol. The molecule has 0 spiro atoms. The van der Waals surface area contributed by atoms with Gasteiger partial charge >= 0.3 is 0 Å². The largest absolute Gasteiger partial charge is 0.314 e. The zero-order valence-corrected chi connectivity index (χ0v) is 14.9. The lowest BCUT2D eigenvalue weighted by Gasteiger charge is -2.55. The Bertz CT molecular complexity index is 348. The van der Waals surface area contributed by atoms with Gasteiger partial charge in [-0.3, -0.25) is 0 Å². The van der Waals surface area contributed by atoms with Crippen LogP contribution in [0.2, 0.25) is 0 Å². The van der Waals surface area contributed by atoms with Crippen LogP contribution in [0.5, 0.6) is 0 Å². The van der Waals surface area contributed by atoms with E-state index >= 15 is 0 Å². The maximum atomic E-state index is 4.08. The van der Waals surface area contributed by atoms with Crippen molar-refractivity contribution < 1.29 is 0 Å². The maximum Gasteiger partial charge on any atom is 0.00388 e. The van der Waals surface area contributed by atoms with Crippen LogP contribution in [0.15, 0.2) is 12.2 Å². The predicted octanol–water partition coefficient (Wildman–Crippen LogP) is 5.56. The first-order valence-electron chi connectivity index (χ1n) is 9.31. The third-order valence-electron chi connectivity index (χ3n) is 6.57. The second kappa shape index (κ2) is 7.31. The molecule has 0 aromatic carbocycles. The SMILES string of the molecule is C=C(C)CCCC1(CC2CCNC(C)CC2)CC(C)C1C. The molecule has 1 heterocycles. The van der Waals surface area contributed by atoms with Crippen LogP contribution in [0, 0.1) is 23.2 Å². The maximum absolute atomic E-state index is 4.08. The van der Waals surface area contributed by atoms with Crippen LogP contribution in [0.4, 0.5) is 0 Å². The van der Waals surface area contributed by atoms with Crippen LogP contribution in [0.25, 0.3) is 0 Å². The standard InChI is InChI=1S/C20H37N/c1-15(2)7-6-11-20(13-16(3)18(20)5)14-19-9-8-17(4)21-12-10-19/h16-19,21H,1,6-14H2,2-5H3. The lowest BCUT2D eigenvalue weighted by molar-refractivity contribution is -0.0520. The average Bonchev–Trinajstić information content (AvgIpc) is 2.63. The van der Waals surface area contributed by atoms with Crippen molar-refractivity contribution in [3.05, 3.63) is 12.2 Å². The summed E-state index contributed by atoms with van der Waals surface area (Å²) in [7, 11) is 0. The van der Waals surface area contributed by atoms with Gasteiger partial charge in [0.15, 0.2) is 0 Å². The van der Waals surface area contributed by atoms with Gasteiger partial charge in [-0.15, -0.1) is 6.58 Å². The van der Waals surface area contributed by atoms with Gasteiger partial charge in [-0.2, -0.15) is 0 Å². The van der Waals surface area contributed by atoms with Gasteiger partial charge in [-0.1, -0.05) is 19.4 Å². The molecule has 0 radical (unpaired) electrons. The molecule has 0 bridgehead atoms. The smallest absolute Gasteiger partial charge is 0.00388 e. The second-order valence-electron chi connectivity index (χ2n) is 8.43. The quantitative estimate of drug-likeness (QED) is 0.631. The van der Waals surface area contributed by atoms with Crippen molar-refractivity contribution in [3.63, 3.8) is 0 Å². The van der Waals surface area contributed by atoms with Crippen LogP contribution >= 0.6 is 0 Å². The lowest BCUT2D eigenvalue weighted by Crippen LogP contribution is -2.46. The minimum absolute atomic E-state index is 0.660. The van der Waals surface area contributed by atoms with Crippen molar-refractivity contribution in [1.29, 1.82) is 0 Å². The van der Waals surface area contributed by atoms with E-state index in [1.165, 1.54) is 63.5 Å². The van der Waals surface area contributed by atoms with Crippen molar-refractivity contribution in [1.82, 2.24) is 5.32 Å². The zero-order valence-electron chi connectivity index (χ0n) is 14.9. The second-order valence-corrected chi connectivity index (χ2v) is 8.43. The van der Waals surface area contributed by atoms with Gasteiger partial charge < -0.3 is 5.32 Å².